The molecular weight excluding hydrogens is 262 g/mol. The van der Waals surface area contributed by atoms with Crippen LogP contribution in [-0.4, -0.2) is 33.9 Å². The van der Waals surface area contributed by atoms with Gasteiger partial charge in [-0.05, 0) is 43.4 Å². The van der Waals surface area contributed by atoms with Gasteiger partial charge in [0.25, 0.3) is 0 Å². The molecule has 4 heteroatoms. The van der Waals surface area contributed by atoms with E-state index < -0.39 is 0 Å². The molecule has 4 nitrogen and oxygen atoms in total. The van der Waals surface area contributed by atoms with Crippen molar-refractivity contribution < 1.29 is 4.79 Å². The predicted molar refractivity (Wildman–Crippen MR) is 81.9 cm³/mol. The molecule has 0 aromatic carbocycles. The van der Waals surface area contributed by atoms with Crippen LogP contribution in [0, 0.1) is 11.8 Å². The molecule has 3 heterocycles. The topological polar surface area (TPSA) is 49.0 Å². The number of fused-ring (bicyclic) bond motifs is 1. The lowest BCUT2D eigenvalue weighted by molar-refractivity contribution is -0.133. The average Bonchev–Trinajstić information content (AvgIpc) is 3.09. The van der Waals surface area contributed by atoms with Crippen LogP contribution < -0.4 is 0 Å². The SMILES string of the molecule is C[C@H]1C[C@H]1C(=O)N1CCC(c2cc3cccnc3[nH]2)CC1. The second-order valence-electron chi connectivity index (χ2n) is 6.58. The van der Waals surface area contributed by atoms with Gasteiger partial charge in [-0.25, -0.2) is 4.98 Å². The predicted octanol–water partition coefficient (Wildman–Crippen LogP) is 2.92. The molecule has 2 aliphatic rings. The maximum Gasteiger partial charge on any atom is 0.225 e. The van der Waals surface area contributed by atoms with Gasteiger partial charge in [0.1, 0.15) is 5.65 Å². The van der Waals surface area contributed by atoms with Crippen LogP contribution in [0.5, 0.6) is 0 Å². The number of likely N-dealkylation sites (tertiary alicyclic amines) is 1. The maximum atomic E-state index is 12.3. The fourth-order valence-corrected chi connectivity index (χ4v) is 3.51. The number of hydrogen-bond acceptors (Lipinski definition) is 2. The zero-order valence-corrected chi connectivity index (χ0v) is 12.4. The molecule has 4 rings (SSSR count). The molecule has 1 aliphatic heterocycles. The highest BCUT2D eigenvalue weighted by molar-refractivity contribution is 5.81. The first kappa shape index (κ1) is 12.9. The van der Waals surface area contributed by atoms with E-state index in [4.69, 9.17) is 0 Å². The summed E-state index contributed by atoms with van der Waals surface area (Å²) in [6, 6.07) is 6.28. The highest BCUT2D eigenvalue weighted by Crippen LogP contribution is 2.40. The first-order chi connectivity index (χ1) is 10.2. The minimum atomic E-state index is 0.318. The van der Waals surface area contributed by atoms with Gasteiger partial charge in [-0.1, -0.05) is 6.92 Å². The van der Waals surface area contributed by atoms with Gasteiger partial charge in [0.2, 0.25) is 5.91 Å². The molecule has 21 heavy (non-hydrogen) atoms. The molecule has 2 atom stereocenters. The number of piperidine rings is 1. The number of aromatic nitrogens is 2. The van der Waals surface area contributed by atoms with Gasteiger partial charge < -0.3 is 9.88 Å². The van der Waals surface area contributed by atoms with Crippen LogP contribution in [0.1, 0.15) is 37.8 Å². The van der Waals surface area contributed by atoms with Crippen molar-refractivity contribution in [3.05, 3.63) is 30.1 Å². The van der Waals surface area contributed by atoms with Crippen molar-refractivity contribution in [2.75, 3.05) is 13.1 Å². The zero-order valence-electron chi connectivity index (χ0n) is 12.4. The number of pyridine rings is 1. The highest BCUT2D eigenvalue weighted by atomic mass is 16.2. The number of hydrogen-bond donors (Lipinski definition) is 1. The molecule has 2 aromatic heterocycles. The van der Waals surface area contributed by atoms with E-state index in [1.807, 2.05) is 12.3 Å². The highest BCUT2D eigenvalue weighted by Gasteiger charge is 2.42. The first-order valence-corrected chi connectivity index (χ1v) is 7.95. The van der Waals surface area contributed by atoms with E-state index in [0.29, 0.717) is 23.7 Å². The van der Waals surface area contributed by atoms with Crippen LogP contribution in [0.25, 0.3) is 11.0 Å². The van der Waals surface area contributed by atoms with E-state index >= 15 is 0 Å². The number of carbonyl (C=O) groups excluding carboxylic acids is 1. The molecule has 2 aromatic rings. The van der Waals surface area contributed by atoms with Gasteiger partial charge in [-0.2, -0.15) is 0 Å². The molecule has 1 saturated heterocycles. The summed E-state index contributed by atoms with van der Waals surface area (Å²) < 4.78 is 0. The second-order valence-corrected chi connectivity index (χ2v) is 6.58. The van der Waals surface area contributed by atoms with Crippen LogP contribution in [0.2, 0.25) is 0 Å². The summed E-state index contributed by atoms with van der Waals surface area (Å²) in [6.07, 6.45) is 5.02. The van der Waals surface area contributed by atoms with Gasteiger partial charge >= 0.3 is 0 Å². The van der Waals surface area contributed by atoms with E-state index in [1.54, 1.807) is 0 Å². The summed E-state index contributed by atoms with van der Waals surface area (Å²) in [5, 5.41) is 1.18. The molecule has 0 spiro atoms. The Bertz CT molecular complexity index is 636. The van der Waals surface area contributed by atoms with Crippen molar-refractivity contribution in [2.45, 2.75) is 32.1 Å². The summed E-state index contributed by atoms with van der Waals surface area (Å²) >= 11 is 0. The van der Waals surface area contributed by atoms with Gasteiger partial charge in [-0.15, -0.1) is 0 Å². The van der Waals surface area contributed by atoms with Crippen LogP contribution in [0.15, 0.2) is 24.4 Å². The Morgan fingerprint density at radius 2 is 2.14 bits per heavy atom. The van der Waals surface area contributed by atoms with Gasteiger partial charge in [0.15, 0.2) is 0 Å². The molecule has 110 valence electrons. The standard InChI is InChI=1S/C17H21N3O/c1-11-9-14(11)17(21)20-7-4-12(5-8-20)15-10-13-3-2-6-18-16(13)19-15/h2-3,6,10-12,14H,4-5,7-9H2,1H3,(H,18,19)/t11-,14+/m0/s1. The van der Waals surface area contributed by atoms with Gasteiger partial charge in [0, 0.05) is 42.2 Å². The molecule has 0 bridgehead atoms. The molecule has 1 amide bonds. The molecule has 0 radical (unpaired) electrons. The molecule has 1 saturated carbocycles. The van der Waals surface area contributed by atoms with E-state index in [2.05, 4.69) is 33.9 Å². The third-order valence-corrected chi connectivity index (χ3v) is 5.09. The summed E-state index contributed by atoms with van der Waals surface area (Å²) in [7, 11) is 0. The van der Waals surface area contributed by atoms with Crippen molar-refractivity contribution in [3.63, 3.8) is 0 Å². The Hall–Kier alpha value is -1.84. The number of rotatable bonds is 2. The van der Waals surface area contributed by atoms with Gasteiger partial charge in [-0.3, -0.25) is 4.79 Å². The Balaban J connectivity index is 1.43. The lowest BCUT2D eigenvalue weighted by Gasteiger charge is -2.31. The largest absolute Gasteiger partial charge is 0.343 e. The summed E-state index contributed by atoms with van der Waals surface area (Å²) in [4.78, 5) is 22.1. The summed E-state index contributed by atoms with van der Waals surface area (Å²) in [6.45, 7) is 3.97. The number of aromatic amines is 1. The Morgan fingerprint density at radius 3 is 2.81 bits per heavy atom. The third-order valence-electron chi connectivity index (χ3n) is 5.09. The minimum Gasteiger partial charge on any atom is -0.343 e. The molecule has 0 unspecified atom stereocenters. The summed E-state index contributed by atoms with van der Waals surface area (Å²) in [5.41, 5.74) is 2.24. The fraction of sp³-hybridized carbons (Fsp3) is 0.529. The lowest BCUT2D eigenvalue weighted by atomic mass is 9.93. The number of carbonyl (C=O) groups is 1. The number of nitrogens with zero attached hydrogens (tertiary/aromatic N) is 2. The normalized spacial score (nSPS) is 26.2. The monoisotopic (exact) mass is 283 g/mol. The summed E-state index contributed by atoms with van der Waals surface area (Å²) in [5.74, 6) is 1.84. The van der Waals surface area contributed by atoms with E-state index in [0.717, 1.165) is 38.0 Å². The van der Waals surface area contributed by atoms with Crippen molar-refractivity contribution >= 4 is 16.9 Å². The maximum absolute atomic E-state index is 12.3. The van der Waals surface area contributed by atoms with E-state index in [1.165, 1.54) is 11.1 Å². The van der Waals surface area contributed by atoms with Crippen LogP contribution in [0.3, 0.4) is 0 Å². The van der Waals surface area contributed by atoms with Crippen molar-refractivity contribution in [3.8, 4) is 0 Å². The number of nitrogens with one attached hydrogen (secondary N) is 1. The Kier molecular flexibility index (Phi) is 2.98. The minimum absolute atomic E-state index is 0.318. The van der Waals surface area contributed by atoms with E-state index in [9.17, 15) is 4.79 Å². The fourth-order valence-electron chi connectivity index (χ4n) is 3.51. The van der Waals surface area contributed by atoms with Crippen LogP contribution in [0.4, 0.5) is 0 Å². The lowest BCUT2D eigenvalue weighted by Crippen LogP contribution is -2.39. The van der Waals surface area contributed by atoms with Crippen molar-refractivity contribution in [1.82, 2.24) is 14.9 Å². The van der Waals surface area contributed by atoms with Crippen molar-refractivity contribution in [1.29, 1.82) is 0 Å². The van der Waals surface area contributed by atoms with Gasteiger partial charge in [0.05, 0.1) is 0 Å². The van der Waals surface area contributed by atoms with Crippen LogP contribution in [-0.2, 0) is 4.79 Å². The van der Waals surface area contributed by atoms with E-state index in [-0.39, 0.29) is 0 Å². The third kappa shape index (κ3) is 2.33. The number of H-pyrrole nitrogens is 1. The van der Waals surface area contributed by atoms with Crippen LogP contribution >= 0.6 is 0 Å². The number of amides is 1. The zero-order chi connectivity index (χ0) is 14.4. The average molecular weight is 283 g/mol. The first-order valence-electron chi connectivity index (χ1n) is 7.95. The molecule has 1 aliphatic carbocycles. The van der Waals surface area contributed by atoms with Crippen molar-refractivity contribution in [2.24, 2.45) is 11.8 Å². The molecular formula is C17H21N3O. The Labute approximate surface area is 124 Å². The Morgan fingerprint density at radius 1 is 1.38 bits per heavy atom. The molecule has 1 N–H and O–H groups in total. The smallest absolute Gasteiger partial charge is 0.225 e. The second kappa shape index (κ2) is 4.86. The quantitative estimate of drug-likeness (QED) is 0.921. The molecule has 2 fully saturated rings.